The number of rotatable bonds is 6. The van der Waals surface area contributed by atoms with Crippen LogP contribution in [0.2, 0.25) is 0 Å². The SMILES string of the molecule is COCCn1cc2c(n1)C(CNC(=O)c1ccoc1)OCC2.O=C(O)C(F)(F)F. The molecule has 9 nitrogen and oxygen atoms in total. The molecule has 12 heteroatoms. The molecule has 0 spiro atoms. The molecule has 0 saturated carbocycles. The van der Waals surface area contributed by atoms with E-state index in [4.69, 9.17) is 23.8 Å². The number of carbonyl (C=O) groups is 2. The molecule has 3 heterocycles. The number of nitrogens with one attached hydrogen (secondary N) is 1. The topological polar surface area (TPSA) is 116 Å². The number of aromatic nitrogens is 2. The van der Waals surface area contributed by atoms with Crippen molar-refractivity contribution in [1.82, 2.24) is 15.1 Å². The van der Waals surface area contributed by atoms with Crippen LogP contribution in [0.15, 0.2) is 29.2 Å². The lowest BCUT2D eigenvalue weighted by Crippen LogP contribution is -2.31. The van der Waals surface area contributed by atoms with Crippen molar-refractivity contribution >= 4 is 11.9 Å². The van der Waals surface area contributed by atoms with Gasteiger partial charge in [-0.15, -0.1) is 0 Å². The maximum Gasteiger partial charge on any atom is 0.490 e. The van der Waals surface area contributed by atoms with Crippen molar-refractivity contribution < 1.29 is 41.8 Å². The van der Waals surface area contributed by atoms with E-state index in [2.05, 4.69) is 10.4 Å². The molecule has 2 aromatic heterocycles. The maximum atomic E-state index is 11.9. The highest BCUT2D eigenvalue weighted by Crippen LogP contribution is 2.25. The second kappa shape index (κ2) is 10.1. The number of halogens is 3. The monoisotopic (exact) mass is 419 g/mol. The summed E-state index contributed by atoms with van der Waals surface area (Å²) >= 11 is 0. The molecule has 0 fully saturated rings. The van der Waals surface area contributed by atoms with Gasteiger partial charge in [0.25, 0.3) is 5.91 Å². The van der Waals surface area contributed by atoms with Gasteiger partial charge in [-0.3, -0.25) is 9.48 Å². The Morgan fingerprint density at radius 1 is 1.45 bits per heavy atom. The van der Waals surface area contributed by atoms with Gasteiger partial charge >= 0.3 is 12.1 Å². The van der Waals surface area contributed by atoms with E-state index in [1.165, 1.54) is 18.1 Å². The zero-order valence-electron chi connectivity index (χ0n) is 15.4. The number of amides is 1. The van der Waals surface area contributed by atoms with E-state index in [1.807, 2.05) is 10.9 Å². The van der Waals surface area contributed by atoms with Crippen LogP contribution in [-0.2, 0) is 27.2 Å². The molecule has 1 unspecified atom stereocenters. The van der Waals surface area contributed by atoms with Gasteiger partial charge in [0, 0.05) is 19.9 Å². The zero-order chi connectivity index (χ0) is 21.4. The second-order valence-corrected chi connectivity index (χ2v) is 5.93. The maximum absolute atomic E-state index is 11.9. The van der Waals surface area contributed by atoms with Gasteiger partial charge in [0.15, 0.2) is 0 Å². The van der Waals surface area contributed by atoms with Crippen molar-refractivity contribution in [2.45, 2.75) is 25.2 Å². The van der Waals surface area contributed by atoms with E-state index >= 15 is 0 Å². The first-order chi connectivity index (χ1) is 13.7. The number of aliphatic carboxylic acids is 1. The number of carboxylic acid groups (broad SMARTS) is 1. The van der Waals surface area contributed by atoms with E-state index in [9.17, 15) is 18.0 Å². The van der Waals surface area contributed by atoms with Crippen LogP contribution < -0.4 is 5.32 Å². The minimum Gasteiger partial charge on any atom is -0.475 e. The molecular formula is C17H20F3N3O6. The smallest absolute Gasteiger partial charge is 0.475 e. The molecule has 0 saturated heterocycles. The van der Waals surface area contributed by atoms with E-state index in [0.717, 1.165) is 12.1 Å². The Morgan fingerprint density at radius 2 is 2.17 bits per heavy atom. The standard InChI is InChI=1S/C15H19N3O4.C2HF3O2/c1-20-7-4-18-9-11-3-6-22-13(14(11)17-18)8-16-15(19)12-2-5-21-10-12;3-2(4,5)1(6)7/h2,5,9-10,13H,3-4,6-8H2,1H3,(H,16,19);(H,6,7). The molecule has 3 rings (SSSR count). The van der Waals surface area contributed by atoms with Crippen LogP contribution in [0.3, 0.4) is 0 Å². The first-order valence-electron chi connectivity index (χ1n) is 8.49. The van der Waals surface area contributed by atoms with E-state index in [1.54, 1.807) is 13.2 Å². The van der Waals surface area contributed by atoms with Gasteiger partial charge < -0.3 is 24.3 Å². The molecule has 1 aliphatic rings. The van der Waals surface area contributed by atoms with Crippen LogP contribution >= 0.6 is 0 Å². The van der Waals surface area contributed by atoms with Gasteiger partial charge in [-0.1, -0.05) is 0 Å². The molecule has 0 bridgehead atoms. The van der Waals surface area contributed by atoms with Crippen molar-refractivity contribution in [3.63, 3.8) is 0 Å². The van der Waals surface area contributed by atoms with E-state index in [-0.39, 0.29) is 12.0 Å². The number of alkyl halides is 3. The Morgan fingerprint density at radius 3 is 2.76 bits per heavy atom. The first kappa shape index (κ1) is 22.4. The van der Waals surface area contributed by atoms with Crippen molar-refractivity contribution in [3.8, 4) is 0 Å². The van der Waals surface area contributed by atoms with Gasteiger partial charge in [-0.2, -0.15) is 18.3 Å². The van der Waals surface area contributed by atoms with Gasteiger partial charge in [-0.05, 0) is 18.1 Å². The number of carbonyl (C=O) groups excluding carboxylic acids is 1. The largest absolute Gasteiger partial charge is 0.490 e. The fourth-order valence-corrected chi connectivity index (χ4v) is 2.47. The molecule has 2 aromatic rings. The Balaban J connectivity index is 0.000000370. The predicted molar refractivity (Wildman–Crippen MR) is 91.2 cm³/mol. The van der Waals surface area contributed by atoms with Crippen LogP contribution in [0.25, 0.3) is 0 Å². The summed E-state index contributed by atoms with van der Waals surface area (Å²) in [6.07, 6.45) is 0.461. The molecule has 1 amide bonds. The Hall–Kier alpha value is -2.86. The average Bonchev–Trinajstić information content (AvgIpc) is 3.33. The van der Waals surface area contributed by atoms with E-state index in [0.29, 0.717) is 31.9 Å². The Bertz CT molecular complexity index is 804. The molecule has 0 radical (unpaired) electrons. The normalized spacial score (nSPS) is 15.8. The summed E-state index contributed by atoms with van der Waals surface area (Å²) in [6, 6.07) is 1.63. The lowest BCUT2D eigenvalue weighted by molar-refractivity contribution is -0.192. The lowest BCUT2D eigenvalue weighted by atomic mass is 10.1. The third-order valence-electron chi connectivity index (χ3n) is 3.86. The molecule has 1 atom stereocenters. The highest BCUT2D eigenvalue weighted by molar-refractivity contribution is 5.93. The number of methoxy groups -OCH3 is 1. The number of fused-ring (bicyclic) bond motifs is 1. The highest BCUT2D eigenvalue weighted by Gasteiger charge is 2.38. The number of hydrogen-bond acceptors (Lipinski definition) is 6. The summed E-state index contributed by atoms with van der Waals surface area (Å²) in [4.78, 5) is 20.8. The van der Waals surface area contributed by atoms with Crippen molar-refractivity contribution in [2.75, 3.05) is 26.9 Å². The number of carboxylic acids is 1. The van der Waals surface area contributed by atoms with Gasteiger partial charge in [0.05, 0.1) is 37.3 Å². The van der Waals surface area contributed by atoms with E-state index < -0.39 is 12.1 Å². The fourth-order valence-electron chi connectivity index (χ4n) is 2.47. The first-order valence-corrected chi connectivity index (χ1v) is 8.49. The van der Waals surface area contributed by atoms with Crippen molar-refractivity contribution in [3.05, 3.63) is 41.6 Å². The van der Waals surface area contributed by atoms with Gasteiger partial charge in [0.1, 0.15) is 12.4 Å². The summed E-state index contributed by atoms with van der Waals surface area (Å²) < 4.78 is 49.3. The van der Waals surface area contributed by atoms with Gasteiger partial charge in [0.2, 0.25) is 0 Å². The third kappa shape index (κ3) is 6.61. The Labute approximate surface area is 163 Å². The quantitative estimate of drug-likeness (QED) is 0.734. The number of furan rings is 1. The van der Waals surface area contributed by atoms with Crippen LogP contribution in [-0.4, -0.2) is 59.8 Å². The number of ether oxygens (including phenoxy) is 2. The molecule has 29 heavy (non-hydrogen) atoms. The minimum absolute atomic E-state index is 0.178. The predicted octanol–water partition coefficient (Wildman–Crippen LogP) is 1.80. The summed E-state index contributed by atoms with van der Waals surface area (Å²) in [5.74, 6) is -2.93. The second-order valence-electron chi connectivity index (χ2n) is 5.93. The molecule has 0 aromatic carbocycles. The average molecular weight is 419 g/mol. The minimum atomic E-state index is -5.08. The van der Waals surface area contributed by atoms with Gasteiger partial charge in [-0.25, -0.2) is 4.79 Å². The molecular weight excluding hydrogens is 399 g/mol. The molecule has 0 aliphatic carbocycles. The van der Waals surface area contributed by atoms with Crippen LogP contribution in [0.1, 0.15) is 27.7 Å². The van der Waals surface area contributed by atoms with Crippen molar-refractivity contribution in [1.29, 1.82) is 0 Å². The molecule has 160 valence electrons. The summed E-state index contributed by atoms with van der Waals surface area (Å²) in [5, 5.41) is 14.5. The number of nitrogens with zero attached hydrogens (tertiary/aromatic N) is 2. The lowest BCUT2D eigenvalue weighted by Gasteiger charge is -2.22. The fraction of sp³-hybridized carbons (Fsp3) is 0.471. The third-order valence-corrected chi connectivity index (χ3v) is 3.86. The van der Waals surface area contributed by atoms with Crippen LogP contribution in [0, 0.1) is 0 Å². The van der Waals surface area contributed by atoms with Crippen molar-refractivity contribution in [2.24, 2.45) is 0 Å². The summed E-state index contributed by atoms with van der Waals surface area (Å²) in [5.41, 5.74) is 2.57. The molecule has 2 N–H and O–H groups in total. The zero-order valence-corrected chi connectivity index (χ0v) is 15.4. The summed E-state index contributed by atoms with van der Waals surface area (Å²) in [7, 11) is 1.67. The number of hydrogen-bond donors (Lipinski definition) is 2. The summed E-state index contributed by atoms with van der Waals surface area (Å²) in [6.45, 7) is 2.34. The van der Waals surface area contributed by atoms with Crippen LogP contribution in [0.5, 0.6) is 0 Å². The van der Waals surface area contributed by atoms with Crippen LogP contribution in [0.4, 0.5) is 13.2 Å². The molecule has 1 aliphatic heterocycles. The Kier molecular flexibility index (Phi) is 7.79. The highest BCUT2D eigenvalue weighted by atomic mass is 19.4.